The van der Waals surface area contributed by atoms with Gasteiger partial charge in [0.2, 0.25) is 0 Å². The number of ether oxygens (including phenoxy) is 1. The molecular weight excluding hydrogens is 346 g/mol. The second-order valence-electron chi connectivity index (χ2n) is 6.31. The number of amides is 1. The molecule has 0 unspecified atom stereocenters. The van der Waals surface area contributed by atoms with Crippen molar-refractivity contribution < 1.29 is 14.3 Å². The van der Waals surface area contributed by atoms with Crippen LogP contribution in [0.15, 0.2) is 24.3 Å². The molecule has 0 aliphatic rings. The highest BCUT2D eigenvalue weighted by atomic mass is 16.5. The summed E-state index contributed by atoms with van der Waals surface area (Å²) in [6, 6.07) is 6.68. The number of aromatic nitrogens is 4. The molecule has 3 rings (SSSR count). The van der Waals surface area contributed by atoms with E-state index in [9.17, 15) is 9.59 Å². The van der Waals surface area contributed by atoms with Crippen LogP contribution >= 0.6 is 0 Å². The van der Waals surface area contributed by atoms with E-state index in [2.05, 4.69) is 20.6 Å². The molecule has 0 bridgehead atoms. The van der Waals surface area contributed by atoms with Crippen LogP contribution in [0.3, 0.4) is 0 Å². The maximum Gasteiger partial charge on any atom is 0.337 e. The van der Waals surface area contributed by atoms with Gasteiger partial charge in [-0.15, -0.1) is 0 Å². The fourth-order valence-electron chi connectivity index (χ4n) is 2.90. The predicted octanol–water partition coefficient (Wildman–Crippen LogP) is 2.77. The van der Waals surface area contributed by atoms with Crippen LogP contribution in [0.4, 0.5) is 5.69 Å². The van der Waals surface area contributed by atoms with E-state index in [1.165, 1.54) is 7.11 Å². The number of aromatic amines is 1. The van der Waals surface area contributed by atoms with Gasteiger partial charge in [0.25, 0.3) is 5.91 Å². The summed E-state index contributed by atoms with van der Waals surface area (Å²) >= 11 is 0. The molecule has 3 aromatic rings. The van der Waals surface area contributed by atoms with E-state index in [0.717, 1.165) is 22.5 Å². The van der Waals surface area contributed by atoms with Crippen molar-refractivity contribution >= 4 is 17.6 Å². The SMILES string of the molecule is COC(=O)c1ccc(C)c(NC(=O)c2cc(-c3c(C)nn(C)c3C)n[nH]2)c1. The highest BCUT2D eigenvalue weighted by Crippen LogP contribution is 2.25. The molecule has 2 heterocycles. The van der Waals surface area contributed by atoms with Crippen molar-refractivity contribution in [3.63, 3.8) is 0 Å². The first-order chi connectivity index (χ1) is 12.8. The molecule has 8 nitrogen and oxygen atoms in total. The highest BCUT2D eigenvalue weighted by Gasteiger charge is 2.18. The minimum Gasteiger partial charge on any atom is -0.465 e. The van der Waals surface area contributed by atoms with Gasteiger partial charge in [-0.1, -0.05) is 6.07 Å². The summed E-state index contributed by atoms with van der Waals surface area (Å²) in [7, 11) is 3.18. The molecule has 0 saturated carbocycles. The van der Waals surface area contributed by atoms with Gasteiger partial charge in [0.1, 0.15) is 5.69 Å². The van der Waals surface area contributed by atoms with Crippen molar-refractivity contribution in [3.05, 3.63) is 52.5 Å². The minimum atomic E-state index is -0.461. The molecule has 27 heavy (non-hydrogen) atoms. The number of aryl methyl sites for hydroxylation is 3. The van der Waals surface area contributed by atoms with Gasteiger partial charge in [-0.05, 0) is 44.5 Å². The van der Waals surface area contributed by atoms with E-state index < -0.39 is 5.97 Å². The second kappa shape index (κ2) is 7.06. The lowest BCUT2D eigenvalue weighted by Crippen LogP contribution is -2.14. The van der Waals surface area contributed by atoms with Crippen LogP contribution in [-0.2, 0) is 11.8 Å². The fourth-order valence-corrected chi connectivity index (χ4v) is 2.90. The molecule has 0 fully saturated rings. The van der Waals surface area contributed by atoms with E-state index in [0.29, 0.717) is 22.6 Å². The number of hydrogen-bond donors (Lipinski definition) is 2. The number of H-pyrrole nitrogens is 1. The van der Waals surface area contributed by atoms with E-state index >= 15 is 0 Å². The van der Waals surface area contributed by atoms with E-state index in [1.54, 1.807) is 28.9 Å². The van der Waals surface area contributed by atoms with Crippen LogP contribution in [0.1, 0.15) is 37.8 Å². The highest BCUT2D eigenvalue weighted by molar-refractivity contribution is 6.04. The molecule has 1 amide bonds. The molecule has 0 aliphatic heterocycles. The van der Waals surface area contributed by atoms with Crippen molar-refractivity contribution in [1.82, 2.24) is 20.0 Å². The van der Waals surface area contributed by atoms with Gasteiger partial charge in [0.15, 0.2) is 0 Å². The summed E-state index contributed by atoms with van der Waals surface area (Å²) in [5.74, 6) is -0.810. The Labute approximate surface area is 156 Å². The zero-order valence-corrected chi connectivity index (χ0v) is 15.9. The van der Waals surface area contributed by atoms with Gasteiger partial charge in [-0.3, -0.25) is 14.6 Å². The molecule has 2 aromatic heterocycles. The van der Waals surface area contributed by atoms with Crippen LogP contribution in [0.25, 0.3) is 11.3 Å². The number of nitrogens with zero attached hydrogens (tertiary/aromatic N) is 3. The van der Waals surface area contributed by atoms with E-state index in [4.69, 9.17) is 4.74 Å². The number of esters is 1. The van der Waals surface area contributed by atoms with Gasteiger partial charge in [0, 0.05) is 24.0 Å². The van der Waals surface area contributed by atoms with Crippen molar-refractivity contribution in [2.24, 2.45) is 7.05 Å². The Morgan fingerprint density at radius 3 is 2.56 bits per heavy atom. The Morgan fingerprint density at radius 1 is 1.19 bits per heavy atom. The first-order valence-electron chi connectivity index (χ1n) is 8.38. The van der Waals surface area contributed by atoms with Gasteiger partial charge >= 0.3 is 5.97 Å². The fraction of sp³-hybridized carbons (Fsp3) is 0.263. The smallest absolute Gasteiger partial charge is 0.337 e. The van der Waals surface area contributed by atoms with Crippen molar-refractivity contribution in [2.45, 2.75) is 20.8 Å². The lowest BCUT2D eigenvalue weighted by atomic mass is 10.1. The molecule has 140 valence electrons. The molecule has 0 atom stereocenters. The molecule has 8 heteroatoms. The Hall–Kier alpha value is -3.42. The number of rotatable bonds is 4. The van der Waals surface area contributed by atoms with Crippen LogP contribution in [-0.4, -0.2) is 39.0 Å². The number of methoxy groups -OCH3 is 1. The predicted molar refractivity (Wildman–Crippen MR) is 101 cm³/mol. The van der Waals surface area contributed by atoms with Crippen molar-refractivity contribution in [2.75, 3.05) is 12.4 Å². The van der Waals surface area contributed by atoms with Crippen LogP contribution in [0.2, 0.25) is 0 Å². The summed E-state index contributed by atoms with van der Waals surface area (Å²) in [6.45, 7) is 5.70. The first kappa shape index (κ1) is 18.4. The summed E-state index contributed by atoms with van der Waals surface area (Å²) < 4.78 is 6.50. The number of carbonyl (C=O) groups is 2. The van der Waals surface area contributed by atoms with Gasteiger partial charge in [-0.25, -0.2) is 4.79 Å². The van der Waals surface area contributed by atoms with Crippen molar-refractivity contribution in [3.8, 4) is 11.3 Å². The second-order valence-corrected chi connectivity index (χ2v) is 6.31. The Kier molecular flexibility index (Phi) is 4.81. The molecule has 2 N–H and O–H groups in total. The van der Waals surface area contributed by atoms with E-state index in [-0.39, 0.29) is 5.91 Å². The molecule has 0 aliphatic carbocycles. The molecule has 1 aromatic carbocycles. The maximum absolute atomic E-state index is 12.6. The zero-order chi connectivity index (χ0) is 19.7. The normalized spacial score (nSPS) is 10.7. The summed E-state index contributed by atoms with van der Waals surface area (Å²) in [5.41, 5.74) is 5.41. The van der Waals surface area contributed by atoms with Gasteiger partial charge in [-0.2, -0.15) is 10.2 Å². The van der Waals surface area contributed by atoms with Crippen LogP contribution in [0, 0.1) is 20.8 Å². The third-order valence-electron chi connectivity index (χ3n) is 4.49. The maximum atomic E-state index is 12.6. The van der Waals surface area contributed by atoms with Crippen LogP contribution < -0.4 is 5.32 Å². The third-order valence-corrected chi connectivity index (χ3v) is 4.49. The van der Waals surface area contributed by atoms with E-state index in [1.807, 2.05) is 27.8 Å². The molecule has 0 spiro atoms. The lowest BCUT2D eigenvalue weighted by molar-refractivity contribution is 0.0600. The summed E-state index contributed by atoms with van der Waals surface area (Å²) in [6.07, 6.45) is 0. The number of anilines is 1. The van der Waals surface area contributed by atoms with Crippen LogP contribution in [0.5, 0.6) is 0 Å². The monoisotopic (exact) mass is 367 g/mol. The average Bonchev–Trinajstić information content (AvgIpc) is 3.21. The lowest BCUT2D eigenvalue weighted by Gasteiger charge is -2.09. The van der Waals surface area contributed by atoms with Gasteiger partial charge < -0.3 is 10.1 Å². The summed E-state index contributed by atoms with van der Waals surface area (Å²) in [4.78, 5) is 24.3. The molecular formula is C19H21N5O3. The quantitative estimate of drug-likeness (QED) is 0.691. The van der Waals surface area contributed by atoms with Gasteiger partial charge in [0.05, 0.1) is 24.1 Å². The Morgan fingerprint density at radius 2 is 1.93 bits per heavy atom. The topological polar surface area (TPSA) is 102 Å². The number of nitrogens with one attached hydrogen (secondary N) is 2. The molecule has 0 radical (unpaired) electrons. The standard InChI is InChI=1S/C19H21N5O3/c1-10-6-7-13(19(26)27-5)8-14(10)20-18(25)16-9-15(21-22-16)17-11(2)23-24(4)12(17)3/h6-9H,1-5H3,(H,20,25)(H,21,22). The Bertz CT molecular complexity index is 1030. The summed E-state index contributed by atoms with van der Waals surface area (Å²) in [5, 5.41) is 14.2. The number of benzene rings is 1. The minimum absolute atomic E-state index is 0.315. The largest absolute Gasteiger partial charge is 0.465 e. The third kappa shape index (κ3) is 3.46. The average molecular weight is 367 g/mol. The zero-order valence-electron chi connectivity index (χ0n) is 15.9. The number of hydrogen-bond acceptors (Lipinski definition) is 5. The molecule has 0 saturated heterocycles. The number of carbonyl (C=O) groups excluding carboxylic acids is 2. The first-order valence-corrected chi connectivity index (χ1v) is 8.38. The Balaban J connectivity index is 1.86. The van der Waals surface area contributed by atoms with Crippen molar-refractivity contribution in [1.29, 1.82) is 0 Å².